The number of para-hydroxylation sites is 1. The topological polar surface area (TPSA) is 75.7 Å². The van der Waals surface area contributed by atoms with E-state index in [1.807, 2.05) is 24.3 Å². The molecule has 1 rings (SSSR count). The molecule has 118 valence electrons. The van der Waals surface area contributed by atoms with Gasteiger partial charge in [-0.2, -0.15) is 0 Å². The third-order valence-electron chi connectivity index (χ3n) is 3.13. The lowest BCUT2D eigenvalue weighted by Crippen LogP contribution is -2.43. The van der Waals surface area contributed by atoms with Gasteiger partial charge in [0.2, 0.25) is 0 Å². The van der Waals surface area contributed by atoms with Crippen molar-refractivity contribution in [1.29, 1.82) is 0 Å². The molecule has 0 saturated heterocycles. The molecule has 2 amide bonds. The summed E-state index contributed by atoms with van der Waals surface area (Å²) in [5, 5.41) is 3.00. The number of imide groups is 1. The Hall–Kier alpha value is -2.47. The number of anilines is 1. The number of aldehydes is 1. The van der Waals surface area contributed by atoms with Crippen LogP contribution in [-0.4, -0.2) is 49.8 Å². The van der Waals surface area contributed by atoms with Gasteiger partial charge >= 0.3 is 0 Å². The summed E-state index contributed by atoms with van der Waals surface area (Å²) in [5.41, 5.74) is 1.65. The fraction of sp³-hybridized carbons (Fsp3) is 0.312. The minimum absolute atomic E-state index is 0.302. The molecule has 1 atom stereocenters. The quantitative estimate of drug-likeness (QED) is 0.607. The molecule has 1 N–H and O–H groups in total. The van der Waals surface area contributed by atoms with E-state index in [1.54, 1.807) is 13.1 Å². The Morgan fingerprint density at radius 2 is 2.05 bits per heavy atom. The molecule has 6 heteroatoms. The van der Waals surface area contributed by atoms with Crippen LogP contribution in [0.1, 0.15) is 12.5 Å². The number of carbonyl (C=O) groups excluding carboxylic acids is 3. The van der Waals surface area contributed by atoms with Crippen molar-refractivity contribution in [3.8, 4) is 0 Å². The standard InChI is InChI=1S/C16H20N2O4/c1-12(22-3)16(21)18(10-11-19)15(20)9-8-13-6-4-5-7-14(13)17-2/h4-9,11-12,17H,10H2,1-3H3/b9-8+. The highest BCUT2D eigenvalue weighted by atomic mass is 16.5. The number of carbonyl (C=O) groups is 3. The number of rotatable bonds is 7. The normalized spacial score (nSPS) is 12.0. The molecule has 1 unspecified atom stereocenters. The molecule has 1 aromatic carbocycles. The van der Waals surface area contributed by atoms with Crippen LogP contribution in [0.2, 0.25) is 0 Å². The number of nitrogens with one attached hydrogen (secondary N) is 1. The highest BCUT2D eigenvalue weighted by Gasteiger charge is 2.24. The Balaban J connectivity index is 2.93. The van der Waals surface area contributed by atoms with Gasteiger partial charge in [-0.3, -0.25) is 14.5 Å². The van der Waals surface area contributed by atoms with Crippen molar-refractivity contribution in [2.75, 3.05) is 26.0 Å². The Labute approximate surface area is 129 Å². The Morgan fingerprint density at radius 3 is 2.64 bits per heavy atom. The lowest BCUT2D eigenvalue weighted by molar-refractivity contribution is -0.149. The second kappa shape index (κ2) is 8.74. The van der Waals surface area contributed by atoms with Crippen molar-refractivity contribution in [3.63, 3.8) is 0 Å². The zero-order chi connectivity index (χ0) is 16.5. The van der Waals surface area contributed by atoms with E-state index in [-0.39, 0.29) is 6.54 Å². The number of methoxy groups -OCH3 is 1. The van der Waals surface area contributed by atoms with Crippen molar-refractivity contribution in [2.45, 2.75) is 13.0 Å². The van der Waals surface area contributed by atoms with E-state index in [2.05, 4.69) is 5.32 Å². The maximum absolute atomic E-state index is 12.2. The fourth-order valence-electron chi connectivity index (χ4n) is 1.80. The van der Waals surface area contributed by atoms with Crippen LogP contribution in [0.3, 0.4) is 0 Å². The summed E-state index contributed by atoms with van der Waals surface area (Å²) in [6.45, 7) is 1.22. The summed E-state index contributed by atoms with van der Waals surface area (Å²) in [5.74, 6) is -1.11. The zero-order valence-electron chi connectivity index (χ0n) is 12.9. The molecule has 6 nitrogen and oxygen atoms in total. The van der Waals surface area contributed by atoms with Gasteiger partial charge in [0, 0.05) is 25.9 Å². The predicted molar refractivity (Wildman–Crippen MR) is 84.3 cm³/mol. The Kier molecular flexibility index (Phi) is 6.98. The number of amides is 2. The first-order chi connectivity index (χ1) is 10.5. The van der Waals surface area contributed by atoms with Gasteiger partial charge in [-0.1, -0.05) is 18.2 Å². The van der Waals surface area contributed by atoms with E-state index in [0.717, 1.165) is 16.2 Å². The van der Waals surface area contributed by atoms with Gasteiger partial charge in [-0.15, -0.1) is 0 Å². The zero-order valence-corrected chi connectivity index (χ0v) is 12.9. The largest absolute Gasteiger partial charge is 0.388 e. The van der Waals surface area contributed by atoms with Crippen LogP contribution in [0.5, 0.6) is 0 Å². The van der Waals surface area contributed by atoms with E-state index in [1.165, 1.54) is 20.1 Å². The average molecular weight is 304 g/mol. The van der Waals surface area contributed by atoms with Crippen molar-refractivity contribution in [3.05, 3.63) is 35.9 Å². The number of hydrogen-bond donors (Lipinski definition) is 1. The van der Waals surface area contributed by atoms with E-state index in [9.17, 15) is 14.4 Å². The van der Waals surface area contributed by atoms with Crippen molar-refractivity contribution < 1.29 is 19.1 Å². The molecule has 22 heavy (non-hydrogen) atoms. The van der Waals surface area contributed by atoms with Gasteiger partial charge in [0.15, 0.2) is 0 Å². The first-order valence-electron chi connectivity index (χ1n) is 6.81. The van der Waals surface area contributed by atoms with Gasteiger partial charge in [-0.05, 0) is 24.6 Å². The summed E-state index contributed by atoms with van der Waals surface area (Å²) in [4.78, 5) is 35.7. The molecule has 0 aliphatic rings. The maximum Gasteiger partial charge on any atom is 0.258 e. The van der Waals surface area contributed by atoms with Gasteiger partial charge in [0.25, 0.3) is 11.8 Å². The average Bonchev–Trinajstić information content (AvgIpc) is 2.56. The van der Waals surface area contributed by atoms with Gasteiger partial charge in [-0.25, -0.2) is 0 Å². The van der Waals surface area contributed by atoms with E-state index in [0.29, 0.717) is 6.29 Å². The second-order valence-corrected chi connectivity index (χ2v) is 4.50. The molecule has 0 spiro atoms. The van der Waals surface area contributed by atoms with Gasteiger partial charge < -0.3 is 14.8 Å². The van der Waals surface area contributed by atoms with Crippen molar-refractivity contribution in [2.24, 2.45) is 0 Å². The number of ether oxygens (including phenoxy) is 1. The molecular weight excluding hydrogens is 284 g/mol. The predicted octanol–water partition coefficient (Wildman–Crippen LogP) is 1.33. The monoisotopic (exact) mass is 304 g/mol. The van der Waals surface area contributed by atoms with Crippen LogP contribution in [0.4, 0.5) is 5.69 Å². The van der Waals surface area contributed by atoms with Crippen LogP contribution in [-0.2, 0) is 19.1 Å². The van der Waals surface area contributed by atoms with Crippen LogP contribution < -0.4 is 5.32 Å². The molecule has 0 saturated carbocycles. The maximum atomic E-state index is 12.2. The molecule has 0 heterocycles. The number of benzene rings is 1. The van der Waals surface area contributed by atoms with Gasteiger partial charge in [0.1, 0.15) is 12.4 Å². The third kappa shape index (κ3) is 4.53. The molecule has 0 fully saturated rings. The Morgan fingerprint density at radius 1 is 1.36 bits per heavy atom. The Bertz CT molecular complexity index is 569. The third-order valence-corrected chi connectivity index (χ3v) is 3.13. The summed E-state index contributed by atoms with van der Waals surface area (Å²) in [6, 6.07) is 7.41. The van der Waals surface area contributed by atoms with Gasteiger partial charge in [0.05, 0.1) is 6.54 Å². The SMILES string of the molecule is CNc1ccccc1/C=C/C(=O)N(CC=O)C(=O)C(C)OC. The minimum Gasteiger partial charge on any atom is -0.388 e. The fourth-order valence-corrected chi connectivity index (χ4v) is 1.80. The van der Waals surface area contributed by atoms with Crippen LogP contribution >= 0.6 is 0 Å². The summed E-state index contributed by atoms with van der Waals surface area (Å²) in [7, 11) is 3.14. The molecule has 0 bridgehead atoms. The van der Waals surface area contributed by atoms with Crippen molar-refractivity contribution in [1.82, 2.24) is 4.90 Å². The first-order valence-corrected chi connectivity index (χ1v) is 6.81. The smallest absolute Gasteiger partial charge is 0.258 e. The lowest BCUT2D eigenvalue weighted by Gasteiger charge is -2.19. The summed E-state index contributed by atoms with van der Waals surface area (Å²) < 4.78 is 4.90. The molecule has 1 aromatic rings. The second-order valence-electron chi connectivity index (χ2n) is 4.50. The van der Waals surface area contributed by atoms with E-state index < -0.39 is 17.9 Å². The first kappa shape index (κ1) is 17.6. The van der Waals surface area contributed by atoms with Crippen LogP contribution in [0.25, 0.3) is 6.08 Å². The van der Waals surface area contributed by atoms with Crippen LogP contribution in [0, 0.1) is 0 Å². The molecule has 0 aliphatic carbocycles. The molecular formula is C16H20N2O4. The summed E-state index contributed by atoms with van der Waals surface area (Å²) >= 11 is 0. The lowest BCUT2D eigenvalue weighted by atomic mass is 10.1. The number of nitrogens with zero attached hydrogens (tertiary/aromatic N) is 1. The highest BCUT2D eigenvalue weighted by Crippen LogP contribution is 2.15. The highest BCUT2D eigenvalue weighted by molar-refractivity contribution is 6.05. The summed E-state index contributed by atoms with van der Waals surface area (Å²) in [6.07, 6.45) is 2.58. The number of hydrogen-bond acceptors (Lipinski definition) is 5. The van der Waals surface area contributed by atoms with E-state index in [4.69, 9.17) is 4.74 Å². The van der Waals surface area contributed by atoms with Crippen LogP contribution in [0.15, 0.2) is 30.3 Å². The minimum atomic E-state index is -0.790. The molecule has 0 radical (unpaired) electrons. The van der Waals surface area contributed by atoms with E-state index >= 15 is 0 Å². The molecule has 0 aromatic heterocycles. The molecule has 0 aliphatic heterocycles. The van der Waals surface area contributed by atoms with Crippen molar-refractivity contribution >= 4 is 29.9 Å².